The number of nitrogens with one attached hydrogen (secondary N) is 1. The summed E-state index contributed by atoms with van der Waals surface area (Å²) in [7, 11) is 0. The molecule has 1 fully saturated rings. The zero-order valence-electron chi connectivity index (χ0n) is 16.2. The Bertz CT molecular complexity index is 892. The van der Waals surface area contributed by atoms with Crippen LogP contribution in [-0.4, -0.2) is 34.1 Å². The molecule has 0 spiro atoms. The first-order chi connectivity index (χ1) is 13.5. The molecule has 3 heterocycles. The first-order valence-electron chi connectivity index (χ1n) is 9.08. The number of aromatic nitrogens is 3. The summed E-state index contributed by atoms with van der Waals surface area (Å²) in [4.78, 5) is 22.5. The van der Waals surface area contributed by atoms with E-state index in [-0.39, 0.29) is 16.8 Å². The van der Waals surface area contributed by atoms with Crippen LogP contribution < -0.4 is 10.2 Å². The van der Waals surface area contributed by atoms with Crippen molar-refractivity contribution >= 4 is 23.3 Å². The number of halogens is 4. The molecule has 0 saturated carbocycles. The summed E-state index contributed by atoms with van der Waals surface area (Å²) >= 11 is 6.02. The van der Waals surface area contributed by atoms with Crippen LogP contribution in [0.1, 0.15) is 44.0 Å². The molecule has 0 aliphatic carbocycles. The monoisotopic (exact) mass is 431 g/mol. The summed E-state index contributed by atoms with van der Waals surface area (Å²) in [6.45, 7) is 6.16. The lowest BCUT2D eigenvalue weighted by molar-refractivity contribution is -0.137. The van der Waals surface area contributed by atoms with Gasteiger partial charge in [0.15, 0.2) is 5.82 Å². The smallest absolute Gasteiger partial charge is 0.355 e. The Labute approximate surface area is 170 Å². The zero-order valence-corrected chi connectivity index (χ0v) is 16.9. The van der Waals surface area contributed by atoms with Gasteiger partial charge in [0.05, 0.1) is 16.1 Å². The van der Waals surface area contributed by atoms with Crippen LogP contribution in [0.3, 0.4) is 0 Å². The second-order valence-corrected chi connectivity index (χ2v) is 7.95. The molecule has 1 aliphatic rings. The molecule has 1 saturated heterocycles. The maximum Gasteiger partial charge on any atom is 0.417 e. The van der Waals surface area contributed by atoms with Crippen LogP contribution in [0.4, 0.5) is 19.0 Å². The van der Waals surface area contributed by atoms with Crippen LogP contribution in [0.15, 0.2) is 16.8 Å². The van der Waals surface area contributed by atoms with Crippen LogP contribution in [0, 0.1) is 12.8 Å². The third-order valence-electron chi connectivity index (χ3n) is 4.84. The van der Waals surface area contributed by atoms with Gasteiger partial charge in [-0.1, -0.05) is 16.8 Å². The van der Waals surface area contributed by atoms with Crippen molar-refractivity contribution in [3.05, 3.63) is 34.6 Å². The van der Waals surface area contributed by atoms with Crippen molar-refractivity contribution in [2.75, 3.05) is 18.0 Å². The van der Waals surface area contributed by atoms with Gasteiger partial charge in [-0.05, 0) is 32.8 Å². The molecule has 0 atom stereocenters. The van der Waals surface area contributed by atoms with Gasteiger partial charge in [-0.3, -0.25) is 4.79 Å². The van der Waals surface area contributed by atoms with E-state index in [0.717, 1.165) is 12.3 Å². The predicted molar refractivity (Wildman–Crippen MR) is 99.4 cm³/mol. The highest BCUT2D eigenvalue weighted by Crippen LogP contribution is 2.34. The minimum absolute atomic E-state index is 0.0589. The second kappa shape index (κ2) is 7.81. The van der Waals surface area contributed by atoms with Gasteiger partial charge in [0.2, 0.25) is 11.8 Å². The molecule has 158 valence electrons. The van der Waals surface area contributed by atoms with E-state index in [1.165, 1.54) is 0 Å². The zero-order chi connectivity index (χ0) is 21.4. The number of amides is 1. The van der Waals surface area contributed by atoms with Gasteiger partial charge >= 0.3 is 6.18 Å². The Morgan fingerprint density at radius 2 is 1.97 bits per heavy atom. The number of alkyl halides is 3. The van der Waals surface area contributed by atoms with Gasteiger partial charge in [0.25, 0.3) is 0 Å². The number of rotatable bonds is 4. The number of nitrogens with zero attached hydrogens (tertiary/aromatic N) is 4. The normalized spacial score (nSPS) is 16.2. The van der Waals surface area contributed by atoms with Gasteiger partial charge < -0.3 is 14.7 Å². The van der Waals surface area contributed by atoms with E-state index in [1.807, 2.05) is 0 Å². The molecule has 0 aromatic carbocycles. The van der Waals surface area contributed by atoms with Gasteiger partial charge in [-0.15, -0.1) is 0 Å². The van der Waals surface area contributed by atoms with E-state index in [0.29, 0.717) is 43.5 Å². The number of carbonyl (C=O) groups excluding carboxylic acids is 1. The third kappa shape index (κ3) is 4.80. The van der Waals surface area contributed by atoms with Crippen LogP contribution in [0.5, 0.6) is 0 Å². The molecule has 7 nitrogen and oxygen atoms in total. The average Bonchev–Trinajstić information content (AvgIpc) is 3.08. The number of hydrogen-bond donors (Lipinski definition) is 1. The number of carbonyl (C=O) groups is 1. The molecular weight excluding hydrogens is 411 g/mol. The first-order valence-corrected chi connectivity index (χ1v) is 9.45. The molecule has 0 unspecified atom stereocenters. The Balaban J connectivity index is 1.61. The summed E-state index contributed by atoms with van der Waals surface area (Å²) in [6.07, 6.45) is -2.68. The van der Waals surface area contributed by atoms with Crippen molar-refractivity contribution in [2.45, 2.75) is 45.3 Å². The number of pyridine rings is 1. The number of aryl methyl sites for hydroxylation is 1. The number of piperidine rings is 1. The second-order valence-electron chi connectivity index (χ2n) is 7.54. The molecule has 0 radical (unpaired) electrons. The summed E-state index contributed by atoms with van der Waals surface area (Å²) in [5.74, 6) is 0.717. The number of anilines is 1. The molecule has 1 N–H and O–H groups in total. The lowest BCUT2D eigenvalue weighted by Gasteiger charge is -2.34. The van der Waals surface area contributed by atoms with Crippen molar-refractivity contribution in [3.63, 3.8) is 0 Å². The summed E-state index contributed by atoms with van der Waals surface area (Å²) < 4.78 is 43.3. The highest BCUT2D eigenvalue weighted by atomic mass is 35.5. The SMILES string of the molecule is Cc1nc(C(C)(C)NC(=O)C2CCN(c3ncc(C(F)(F)F)cc3Cl)CC2)no1. The highest BCUT2D eigenvalue weighted by Gasteiger charge is 2.34. The molecule has 0 bridgehead atoms. The van der Waals surface area contributed by atoms with Crippen LogP contribution in [0.2, 0.25) is 5.02 Å². The Hall–Kier alpha value is -2.36. The van der Waals surface area contributed by atoms with E-state index in [4.69, 9.17) is 16.1 Å². The molecular formula is C18H21ClF3N5O2. The largest absolute Gasteiger partial charge is 0.417 e. The fourth-order valence-corrected chi connectivity index (χ4v) is 3.48. The van der Waals surface area contributed by atoms with Crippen molar-refractivity contribution in [3.8, 4) is 0 Å². The molecule has 2 aromatic heterocycles. The molecule has 1 amide bonds. The van der Waals surface area contributed by atoms with E-state index in [2.05, 4.69) is 20.4 Å². The van der Waals surface area contributed by atoms with Crippen molar-refractivity contribution in [1.82, 2.24) is 20.4 Å². The minimum atomic E-state index is -4.50. The summed E-state index contributed by atoms with van der Waals surface area (Å²) in [5, 5.41) is 6.74. The average molecular weight is 432 g/mol. The molecule has 1 aliphatic heterocycles. The Morgan fingerprint density at radius 1 is 1.31 bits per heavy atom. The van der Waals surface area contributed by atoms with Crippen molar-refractivity contribution in [1.29, 1.82) is 0 Å². The van der Waals surface area contributed by atoms with Crippen LogP contribution in [0.25, 0.3) is 0 Å². The fourth-order valence-electron chi connectivity index (χ4n) is 3.19. The summed E-state index contributed by atoms with van der Waals surface area (Å²) in [6, 6.07) is 0.873. The quantitative estimate of drug-likeness (QED) is 0.794. The maximum absolute atomic E-state index is 12.8. The van der Waals surface area contributed by atoms with Crippen molar-refractivity contribution in [2.24, 2.45) is 5.92 Å². The van der Waals surface area contributed by atoms with E-state index in [1.54, 1.807) is 25.7 Å². The molecule has 29 heavy (non-hydrogen) atoms. The van der Waals surface area contributed by atoms with Crippen molar-refractivity contribution < 1.29 is 22.5 Å². The van der Waals surface area contributed by atoms with Gasteiger partial charge in [0.1, 0.15) is 5.82 Å². The lowest BCUT2D eigenvalue weighted by Crippen LogP contribution is -2.47. The van der Waals surface area contributed by atoms with Gasteiger partial charge in [-0.2, -0.15) is 18.2 Å². The van der Waals surface area contributed by atoms with Gasteiger partial charge in [0, 0.05) is 32.1 Å². The third-order valence-corrected chi connectivity index (χ3v) is 5.11. The van der Waals surface area contributed by atoms with E-state index >= 15 is 0 Å². The van der Waals surface area contributed by atoms with Crippen LogP contribution >= 0.6 is 11.6 Å². The van der Waals surface area contributed by atoms with Crippen LogP contribution in [-0.2, 0) is 16.5 Å². The molecule has 11 heteroatoms. The lowest BCUT2D eigenvalue weighted by atomic mass is 9.94. The Morgan fingerprint density at radius 3 is 2.48 bits per heavy atom. The summed E-state index contributed by atoms with van der Waals surface area (Å²) in [5.41, 5.74) is -1.68. The predicted octanol–water partition coefficient (Wildman–Crippen LogP) is 3.71. The number of hydrogen-bond acceptors (Lipinski definition) is 6. The standard InChI is InChI=1S/C18H21ClF3N5O2/c1-10-24-16(26-29-10)17(2,3)25-15(28)11-4-6-27(7-5-11)14-13(19)8-12(9-23-14)18(20,21)22/h8-9,11H,4-7H2,1-3H3,(H,25,28). The van der Waals surface area contributed by atoms with E-state index < -0.39 is 17.3 Å². The van der Waals surface area contributed by atoms with Gasteiger partial charge in [-0.25, -0.2) is 4.98 Å². The fraction of sp³-hybridized carbons (Fsp3) is 0.556. The highest BCUT2D eigenvalue weighted by molar-refractivity contribution is 6.33. The Kier molecular flexibility index (Phi) is 5.75. The van der Waals surface area contributed by atoms with E-state index in [9.17, 15) is 18.0 Å². The maximum atomic E-state index is 12.8. The minimum Gasteiger partial charge on any atom is -0.355 e. The molecule has 3 rings (SSSR count). The topological polar surface area (TPSA) is 84.2 Å². The molecule has 2 aromatic rings. The first kappa shape index (κ1) is 21.4.